The van der Waals surface area contributed by atoms with Crippen molar-refractivity contribution in [3.8, 4) is 0 Å². The summed E-state index contributed by atoms with van der Waals surface area (Å²) in [5.41, 5.74) is 2.21. The van der Waals surface area contributed by atoms with Gasteiger partial charge in [-0.25, -0.2) is 4.98 Å². The minimum absolute atomic E-state index is 0.00727. The Labute approximate surface area is 134 Å². The van der Waals surface area contributed by atoms with Crippen LogP contribution in [0.1, 0.15) is 31.2 Å². The molecule has 2 N–H and O–H groups in total. The van der Waals surface area contributed by atoms with Crippen molar-refractivity contribution in [2.45, 2.75) is 33.1 Å². The smallest absolute Gasteiger partial charge is 0.311 e. The molecule has 1 aliphatic rings. The number of aromatic nitrogens is 2. The van der Waals surface area contributed by atoms with Gasteiger partial charge < -0.3 is 15.0 Å². The number of imidazole rings is 1. The number of carbonyl (C=O) groups is 2. The molecule has 1 aliphatic heterocycles. The molecular formula is C17H21N3O3. The molecule has 0 spiro atoms. The topological polar surface area (TPSA) is 86.3 Å². The molecule has 0 aliphatic carbocycles. The number of carboxylic acid groups (broad SMARTS) is 1. The average Bonchev–Trinajstić information content (AvgIpc) is 3.10. The Bertz CT molecular complexity index is 768. The lowest BCUT2D eigenvalue weighted by Gasteiger charge is -2.20. The van der Waals surface area contributed by atoms with Crippen LogP contribution < -0.4 is 0 Å². The molecule has 6 nitrogen and oxygen atoms in total. The average molecular weight is 315 g/mol. The number of nitrogens with zero attached hydrogens (tertiary/aromatic N) is 2. The maximum Gasteiger partial charge on any atom is 0.311 e. The summed E-state index contributed by atoms with van der Waals surface area (Å²) >= 11 is 0. The molecule has 1 saturated heterocycles. The van der Waals surface area contributed by atoms with Gasteiger partial charge in [0.2, 0.25) is 5.91 Å². The van der Waals surface area contributed by atoms with Crippen molar-refractivity contribution in [1.82, 2.24) is 14.9 Å². The standard InChI is InChI=1S/C17H21N3O3/c1-11-4-3-5-12-15(11)19-13(18-12)6-7-14(21)20-9-8-17(2,10-20)16(22)23/h3-5H,6-10H2,1-2H3,(H,18,19)(H,22,23). The fraction of sp³-hybridized carbons (Fsp3) is 0.471. The van der Waals surface area contributed by atoms with Crippen LogP contribution in [0.2, 0.25) is 0 Å². The molecule has 2 heterocycles. The quantitative estimate of drug-likeness (QED) is 0.905. The van der Waals surface area contributed by atoms with Crippen molar-refractivity contribution in [2.24, 2.45) is 5.41 Å². The highest BCUT2D eigenvalue weighted by molar-refractivity contribution is 5.81. The molecule has 3 rings (SSSR count). The minimum Gasteiger partial charge on any atom is -0.481 e. The molecule has 1 fully saturated rings. The maximum atomic E-state index is 12.3. The van der Waals surface area contributed by atoms with E-state index in [2.05, 4.69) is 9.97 Å². The Balaban J connectivity index is 1.63. The van der Waals surface area contributed by atoms with Crippen molar-refractivity contribution in [3.05, 3.63) is 29.6 Å². The number of aromatic amines is 1. The molecule has 1 unspecified atom stereocenters. The van der Waals surface area contributed by atoms with E-state index >= 15 is 0 Å². The van der Waals surface area contributed by atoms with Gasteiger partial charge in [-0.15, -0.1) is 0 Å². The SMILES string of the molecule is Cc1cccc2[nH]c(CCC(=O)N3CCC(C)(C(=O)O)C3)nc12. The van der Waals surface area contributed by atoms with Gasteiger partial charge in [-0.3, -0.25) is 9.59 Å². The van der Waals surface area contributed by atoms with Gasteiger partial charge in [-0.1, -0.05) is 12.1 Å². The monoisotopic (exact) mass is 315 g/mol. The number of likely N-dealkylation sites (tertiary alicyclic amines) is 1. The second-order valence-electron chi connectivity index (χ2n) is 6.59. The third-order valence-corrected chi connectivity index (χ3v) is 4.68. The van der Waals surface area contributed by atoms with Gasteiger partial charge >= 0.3 is 5.97 Å². The number of nitrogens with one attached hydrogen (secondary N) is 1. The van der Waals surface area contributed by atoms with Crippen LogP contribution in [-0.2, 0) is 16.0 Å². The number of carboxylic acids is 1. The van der Waals surface area contributed by atoms with E-state index in [-0.39, 0.29) is 5.91 Å². The van der Waals surface area contributed by atoms with Crippen LogP contribution in [0.3, 0.4) is 0 Å². The van der Waals surface area contributed by atoms with Crippen LogP contribution in [-0.4, -0.2) is 44.9 Å². The van der Waals surface area contributed by atoms with Crippen molar-refractivity contribution in [1.29, 1.82) is 0 Å². The van der Waals surface area contributed by atoms with E-state index in [1.54, 1.807) is 11.8 Å². The Kier molecular flexibility index (Phi) is 3.83. The summed E-state index contributed by atoms with van der Waals surface area (Å²) in [7, 11) is 0. The number of hydrogen-bond donors (Lipinski definition) is 2. The van der Waals surface area contributed by atoms with Crippen molar-refractivity contribution in [3.63, 3.8) is 0 Å². The Morgan fingerprint density at radius 3 is 2.87 bits per heavy atom. The molecule has 23 heavy (non-hydrogen) atoms. The highest BCUT2D eigenvalue weighted by Crippen LogP contribution is 2.30. The van der Waals surface area contributed by atoms with Gasteiger partial charge in [0.1, 0.15) is 5.82 Å². The first-order valence-corrected chi connectivity index (χ1v) is 7.84. The highest BCUT2D eigenvalue weighted by Gasteiger charge is 2.41. The zero-order valence-electron chi connectivity index (χ0n) is 13.4. The number of H-pyrrole nitrogens is 1. The van der Waals surface area contributed by atoms with E-state index in [9.17, 15) is 14.7 Å². The van der Waals surface area contributed by atoms with E-state index in [1.807, 2.05) is 25.1 Å². The van der Waals surface area contributed by atoms with Gasteiger partial charge in [0.15, 0.2) is 0 Å². The van der Waals surface area contributed by atoms with Crippen LogP contribution in [0.4, 0.5) is 0 Å². The molecule has 0 radical (unpaired) electrons. The normalized spacial score (nSPS) is 21.0. The molecule has 1 amide bonds. The Morgan fingerprint density at radius 1 is 1.43 bits per heavy atom. The lowest BCUT2D eigenvalue weighted by molar-refractivity contribution is -0.147. The first-order valence-electron chi connectivity index (χ1n) is 7.84. The summed E-state index contributed by atoms with van der Waals surface area (Å²) in [5, 5.41) is 9.23. The van der Waals surface area contributed by atoms with E-state index in [1.165, 1.54) is 0 Å². The summed E-state index contributed by atoms with van der Waals surface area (Å²) < 4.78 is 0. The van der Waals surface area contributed by atoms with Gasteiger partial charge in [-0.2, -0.15) is 0 Å². The van der Waals surface area contributed by atoms with E-state index in [0.29, 0.717) is 32.4 Å². The van der Waals surface area contributed by atoms with Crippen LogP contribution >= 0.6 is 0 Å². The molecule has 1 aromatic heterocycles. The van der Waals surface area contributed by atoms with E-state index in [4.69, 9.17) is 0 Å². The third-order valence-electron chi connectivity index (χ3n) is 4.68. The summed E-state index contributed by atoms with van der Waals surface area (Å²) in [6.45, 7) is 4.51. The predicted molar refractivity (Wildman–Crippen MR) is 86.1 cm³/mol. The first-order chi connectivity index (χ1) is 10.9. The molecule has 2 aromatic rings. The second kappa shape index (κ2) is 5.68. The highest BCUT2D eigenvalue weighted by atomic mass is 16.4. The fourth-order valence-electron chi connectivity index (χ4n) is 3.08. The summed E-state index contributed by atoms with van der Waals surface area (Å²) in [4.78, 5) is 33.0. The third kappa shape index (κ3) is 2.93. The van der Waals surface area contributed by atoms with Crippen LogP contribution in [0.15, 0.2) is 18.2 Å². The number of fused-ring (bicyclic) bond motifs is 1. The minimum atomic E-state index is -0.833. The van der Waals surface area contributed by atoms with Crippen LogP contribution in [0, 0.1) is 12.3 Å². The number of amides is 1. The van der Waals surface area contributed by atoms with Crippen molar-refractivity contribution < 1.29 is 14.7 Å². The van der Waals surface area contributed by atoms with Crippen LogP contribution in [0.25, 0.3) is 11.0 Å². The number of carbonyl (C=O) groups excluding carboxylic acids is 1. The summed E-state index contributed by atoms with van der Waals surface area (Å²) in [6, 6.07) is 5.95. The van der Waals surface area contributed by atoms with Crippen molar-refractivity contribution in [2.75, 3.05) is 13.1 Å². The fourth-order valence-corrected chi connectivity index (χ4v) is 3.08. The summed E-state index contributed by atoms with van der Waals surface area (Å²) in [5.74, 6) is -0.0458. The lowest BCUT2D eigenvalue weighted by Crippen LogP contribution is -2.35. The number of hydrogen-bond acceptors (Lipinski definition) is 3. The number of aryl methyl sites for hydroxylation is 2. The largest absolute Gasteiger partial charge is 0.481 e. The van der Waals surface area contributed by atoms with Crippen molar-refractivity contribution >= 4 is 22.9 Å². The molecular weight excluding hydrogens is 294 g/mol. The predicted octanol–water partition coefficient (Wildman–Crippen LogP) is 2.13. The van der Waals surface area contributed by atoms with E-state index < -0.39 is 11.4 Å². The first kappa shape index (κ1) is 15.5. The zero-order chi connectivity index (χ0) is 16.6. The number of para-hydroxylation sites is 1. The van der Waals surface area contributed by atoms with Gasteiger partial charge in [0.05, 0.1) is 16.4 Å². The maximum absolute atomic E-state index is 12.3. The molecule has 122 valence electrons. The molecule has 1 aromatic carbocycles. The van der Waals surface area contributed by atoms with Crippen LogP contribution in [0.5, 0.6) is 0 Å². The Hall–Kier alpha value is -2.37. The molecule has 1 atom stereocenters. The van der Waals surface area contributed by atoms with Gasteiger partial charge in [0.25, 0.3) is 0 Å². The number of rotatable bonds is 4. The number of aliphatic carboxylic acids is 1. The second-order valence-corrected chi connectivity index (χ2v) is 6.59. The molecule has 0 saturated carbocycles. The van der Waals surface area contributed by atoms with Gasteiger partial charge in [0, 0.05) is 25.9 Å². The lowest BCUT2D eigenvalue weighted by atomic mass is 9.90. The molecule has 0 bridgehead atoms. The summed E-state index contributed by atoms with van der Waals surface area (Å²) in [6.07, 6.45) is 1.39. The Morgan fingerprint density at radius 2 is 2.22 bits per heavy atom. The number of benzene rings is 1. The zero-order valence-corrected chi connectivity index (χ0v) is 13.4. The van der Waals surface area contributed by atoms with E-state index in [0.717, 1.165) is 22.4 Å². The molecule has 6 heteroatoms. The van der Waals surface area contributed by atoms with Gasteiger partial charge in [-0.05, 0) is 31.9 Å².